The summed E-state index contributed by atoms with van der Waals surface area (Å²) in [6.45, 7) is 6.20. The number of carbonyl (C=O) groups is 1. The van der Waals surface area contributed by atoms with Crippen molar-refractivity contribution in [2.75, 3.05) is 13.1 Å². The van der Waals surface area contributed by atoms with Crippen LogP contribution in [-0.2, 0) is 0 Å². The van der Waals surface area contributed by atoms with Crippen LogP contribution in [0.1, 0.15) is 43.5 Å². The van der Waals surface area contributed by atoms with Gasteiger partial charge >= 0.3 is 0 Å². The Labute approximate surface area is 114 Å². The van der Waals surface area contributed by atoms with E-state index in [2.05, 4.69) is 11.8 Å². The van der Waals surface area contributed by atoms with Crippen molar-refractivity contribution in [3.8, 4) is 0 Å². The number of rotatable bonds is 3. The predicted molar refractivity (Wildman–Crippen MR) is 74.8 cm³/mol. The molecule has 0 aromatic heterocycles. The van der Waals surface area contributed by atoms with Gasteiger partial charge in [-0.25, -0.2) is 4.39 Å². The van der Waals surface area contributed by atoms with Gasteiger partial charge in [0.05, 0.1) is 6.04 Å². The Morgan fingerprint density at radius 1 is 1.26 bits per heavy atom. The molecule has 1 saturated heterocycles. The quantitative estimate of drug-likeness (QED) is 0.778. The normalized spacial score (nSPS) is 22.8. The molecule has 2 unspecified atom stereocenters. The molecule has 3 heteroatoms. The van der Waals surface area contributed by atoms with E-state index in [1.807, 2.05) is 6.92 Å². The molecule has 0 spiro atoms. The van der Waals surface area contributed by atoms with Crippen LogP contribution in [0.3, 0.4) is 0 Å². The van der Waals surface area contributed by atoms with E-state index >= 15 is 0 Å². The highest BCUT2D eigenvalue weighted by Crippen LogP contribution is 2.19. The third-order valence-corrected chi connectivity index (χ3v) is 4.11. The SMILES string of the molecule is CC1CCCN(C(C)C(=O)c2ccc(F)cc2)CC1. The first-order valence-electron chi connectivity index (χ1n) is 7.12. The molecule has 1 fully saturated rings. The van der Waals surface area contributed by atoms with Gasteiger partial charge in [-0.1, -0.05) is 6.92 Å². The van der Waals surface area contributed by atoms with Crippen molar-refractivity contribution in [3.63, 3.8) is 0 Å². The van der Waals surface area contributed by atoms with E-state index in [-0.39, 0.29) is 17.6 Å². The number of hydrogen-bond donors (Lipinski definition) is 0. The van der Waals surface area contributed by atoms with E-state index in [4.69, 9.17) is 0 Å². The van der Waals surface area contributed by atoms with Gasteiger partial charge in [-0.15, -0.1) is 0 Å². The number of Topliss-reactive ketones (excluding diaryl/α,β-unsaturated/α-hetero) is 1. The van der Waals surface area contributed by atoms with Crippen molar-refractivity contribution in [3.05, 3.63) is 35.6 Å². The highest BCUT2D eigenvalue weighted by Gasteiger charge is 2.24. The van der Waals surface area contributed by atoms with Gasteiger partial charge in [0, 0.05) is 5.56 Å². The molecule has 0 bridgehead atoms. The Morgan fingerprint density at radius 2 is 1.95 bits per heavy atom. The third-order valence-electron chi connectivity index (χ3n) is 4.11. The maximum absolute atomic E-state index is 12.9. The minimum Gasteiger partial charge on any atom is -0.293 e. The van der Waals surface area contributed by atoms with E-state index in [0.717, 1.165) is 31.8 Å². The van der Waals surface area contributed by atoms with Gasteiger partial charge < -0.3 is 0 Å². The van der Waals surface area contributed by atoms with Gasteiger partial charge in [-0.3, -0.25) is 9.69 Å². The zero-order valence-electron chi connectivity index (χ0n) is 11.7. The first-order valence-corrected chi connectivity index (χ1v) is 7.12. The standard InChI is InChI=1S/C16H22FNO/c1-12-4-3-10-18(11-9-12)13(2)16(19)14-5-7-15(17)8-6-14/h5-8,12-13H,3-4,9-11H2,1-2H3. The van der Waals surface area contributed by atoms with Gasteiger partial charge in [-0.2, -0.15) is 0 Å². The van der Waals surface area contributed by atoms with Gasteiger partial charge in [0.15, 0.2) is 5.78 Å². The predicted octanol–water partition coefficient (Wildman–Crippen LogP) is 3.52. The fourth-order valence-electron chi connectivity index (χ4n) is 2.69. The largest absolute Gasteiger partial charge is 0.293 e. The van der Waals surface area contributed by atoms with Crippen LogP contribution in [-0.4, -0.2) is 29.8 Å². The molecule has 19 heavy (non-hydrogen) atoms. The van der Waals surface area contributed by atoms with Crippen LogP contribution in [0.15, 0.2) is 24.3 Å². The third kappa shape index (κ3) is 3.63. The summed E-state index contributed by atoms with van der Waals surface area (Å²) in [7, 11) is 0. The molecule has 1 aliphatic rings. The van der Waals surface area contributed by atoms with Crippen molar-refractivity contribution in [2.45, 2.75) is 39.2 Å². The molecule has 0 saturated carbocycles. The van der Waals surface area contributed by atoms with Crippen molar-refractivity contribution >= 4 is 5.78 Å². The maximum Gasteiger partial charge on any atom is 0.179 e. The second kappa shape index (κ2) is 6.29. The van der Waals surface area contributed by atoms with Gasteiger partial charge in [0.1, 0.15) is 5.82 Å². The maximum atomic E-state index is 12.9. The van der Waals surface area contributed by atoms with Gasteiger partial charge in [-0.05, 0) is 69.5 Å². The minimum atomic E-state index is -0.298. The average Bonchev–Trinajstić information content (AvgIpc) is 2.63. The Balaban J connectivity index is 2.03. The fraction of sp³-hybridized carbons (Fsp3) is 0.562. The molecule has 0 amide bonds. The molecular weight excluding hydrogens is 241 g/mol. The Kier molecular flexibility index (Phi) is 4.70. The summed E-state index contributed by atoms with van der Waals surface area (Å²) >= 11 is 0. The number of hydrogen-bond acceptors (Lipinski definition) is 2. The second-order valence-electron chi connectivity index (χ2n) is 5.62. The first kappa shape index (κ1) is 14.2. The molecule has 1 aliphatic heterocycles. The number of ketones is 1. The molecular formula is C16H22FNO. The Morgan fingerprint density at radius 3 is 2.63 bits per heavy atom. The Bertz CT molecular complexity index is 429. The van der Waals surface area contributed by atoms with E-state index in [1.54, 1.807) is 12.1 Å². The minimum absolute atomic E-state index is 0.0922. The summed E-state index contributed by atoms with van der Waals surface area (Å²) in [6.07, 6.45) is 3.55. The summed E-state index contributed by atoms with van der Waals surface area (Å²) in [6, 6.07) is 5.74. The number of halogens is 1. The molecule has 0 N–H and O–H groups in total. The molecule has 2 rings (SSSR count). The molecule has 2 atom stereocenters. The van der Waals surface area contributed by atoms with Crippen LogP contribution < -0.4 is 0 Å². The average molecular weight is 263 g/mol. The molecule has 0 radical (unpaired) electrons. The topological polar surface area (TPSA) is 20.3 Å². The first-order chi connectivity index (χ1) is 9.08. The lowest BCUT2D eigenvalue weighted by molar-refractivity contribution is 0.0841. The van der Waals surface area contributed by atoms with E-state index in [9.17, 15) is 9.18 Å². The number of nitrogens with zero attached hydrogens (tertiary/aromatic N) is 1. The molecule has 2 nitrogen and oxygen atoms in total. The van der Waals surface area contributed by atoms with E-state index in [0.29, 0.717) is 5.56 Å². The lowest BCUT2D eigenvalue weighted by atomic mass is 10.0. The van der Waals surface area contributed by atoms with Crippen molar-refractivity contribution < 1.29 is 9.18 Å². The molecule has 104 valence electrons. The Hall–Kier alpha value is -1.22. The van der Waals surface area contributed by atoms with Crippen LogP contribution in [0, 0.1) is 11.7 Å². The van der Waals surface area contributed by atoms with Crippen LogP contribution in [0.4, 0.5) is 4.39 Å². The van der Waals surface area contributed by atoms with Gasteiger partial charge in [0.2, 0.25) is 0 Å². The smallest absolute Gasteiger partial charge is 0.179 e. The molecule has 1 heterocycles. The fourth-order valence-corrected chi connectivity index (χ4v) is 2.69. The van der Waals surface area contributed by atoms with Crippen molar-refractivity contribution in [2.24, 2.45) is 5.92 Å². The summed E-state index contributed by atoms with van der Waals surface area (Å²) in [5.74, 6) is 0.542. The highest BCUT2D eigenvalue weighted by molar-refractivity contribution is 5.99. The zero-order valence-corrected chi connectivity index (χ0v) is 11.7. The molecule has 1 aromatic carbocycles. The number of benzene rings is 1. The summed E-state index contributed by atoms with van der Waals surface area (Å²) in [5, 5.41) is 0. The second-order valence-corrected chi connectivity index (χ2v) is 5.62. The van der Waals surface area contributed by atoms with E-state index in [1.165, 1.54) is 18.6 Å². The van der Waals surface area contributed by atoms with Crippen LogP contribution in [0.5, 0.6) is 0 Å². The van der Waals surface area contributed by atoms with Crippen LogP contribution >= 0.6 is 0 Å². The number of carbonyl (C=O) groups excluding carboxylic acids is 1. The van der Waals surface area contributed by atoms with Crippen molar-refractivity contribution in [1.29, 1.82) is 0 Å². The van der Waals surface area contributed by atoms with Gasteiger partial charge in [0.25, 0.3) is 0 Å². The molecule has 1 aromatic rings. The van der Waals surface area contributed by atoms with Crippen LogP contribution in [0.2, 0.25) is 0 Å². The zero-order chi connectivity index (χ0) is 13.8. The van der Waals surface area contributed by atoms with Crippen molar-refractivity contribution in [1.82, 2.24) is 4.90 Å². The highest BCUT2D eigenvalue weighted by atomic mass is 19.1. The number of likely N-dealkylation sites (tertiary alicyclic amines) is 1. The van der Waals surface area contributed by atoms with E-state index < -0.39 is 0 Å². The summed E-state index contributed by atoms with van der Waals surface area (Å²) in [4.78, 5) is 14.6. The lowest BCUT2D eigenvalue weighted by Crippen LogP contribution is -2.39. The monoisotopic (exact) mass is 263 g/mol. The summed E-state index contributed by atoms with van der Waals surface area (Å²) in [5.41, 5.74) is 0.603. The molecule has 0 aliphatic carbocycles. The van der Waals surface area contributed by atoms with Crippen LogP contribution in [0.25, 0.3) is 0 Å². The summed E-state index contributed by atoms with van der Waals surface area (Å²) < 4.78 is 12.9. The lowest BCUT2D eigenvalue weighted by Gasteiger charge is -2.26.